The van der Waals surface area contributed by atoms with Crippen LogP contribution in [0.3, 0.4) is 0 Å². The Morgan fingerprint density at radius 2 is 2.21 bits per heavy atom. The van der Waals surface area contributed by atoms with E-state index < -0.39 is 6.10 Å². The molecule has 0 radical (unpaired) electrons. The molecule has 1 aromatic heterocycles. The lowest BCUT2D eigenvalue weighted by atomic mass is 10.1. The highest BCUT2D eigenvalue weighted by molar-refractivity contribution is 9.10. The van der Waals surface area contributed by atoms with Gasteiger partial charge in [-0.15, -0.1) is 11.3 Å². The predicted molar refractivity (Wildman–Crippen MR) is 83.8 cm³/mol. The highest BCUT2D eigenvalue weighted by Gasteiger charge is 2.18. The summed E-state index contributed by atoms with van der Waals surface area (Å²) in [6.45, 7) is 3.84. The number of hydrogen-bond donors (Lipinski definition) is 1. The third-order valence-electron chi connectivity index (χ3n) is 3.61. The lowest BCUT2D eigenvalue weighted by Crippen LogP contribution is -2.29. The number of aliphatic hydroxyl groups is 1. The molecule has 100 valence electrons. The number of fused-ring (bicyclic) bond motifs is 1. The Morgan fingerprint density at radius 1 is 1.37 bits per heavy atom. The SMILES string of the molecule is C[C@H](O)c1ccc(N2CCc3sccc3C2)cc1Br. The van der Waals surface area contributed by atoms with Gasteiger partial charge in [0.15, 0.2) is 0 Å². The fourth-order valence-electron chi connectivity index (χ4n) is 2.52. The molecule has 0 unspecified atom stereocenters. The van der Waals surface area contributed by atoms with Crippen molar-refractivity contribution in [1.82, 2.24) is 0 Å². The second-order valence-electron chi connectivity index (χ2n) is 4.92. The van der Waals surface area contributed by atoms with Crippen LogP contribution in [0, 0.1) is 0 Å². The molecule has 3 rings (SSSR count). The van der Waals surface area contributed by atoms with Gasteiger partial charge in [0.05, 0.1) is 6.10 Å². The van der Waals surface area contributed by atoms with Gasteiger partial charge in [0.25, 0.3) is 0 Å². The van der Waals surface area contributed by atoms with Crippen LogP contribution in [0.5, 0.6) is 0 Å². The van der Waals surface area contributed by atoms with Crippen molar-refractivity contribution >= 4 is 33.0 Å². The van der Waals surface area contributed by atoms with Crippen LogP contribution in [0.4, 0.5) is 5.69 Å². The highest BCUT2D eigenvalue weighted by atomic mass is 79.9. The normalized spacial score (nSPS) is 16.3. The summed E-state index contributed by atoms with van der Waals surface area (Å²) in [5.74, 6) is 0. The summed E-state index contributed by atoms with van der Waals surface area (Å²) in [6, 6.07) is 8.45. The van der Waals surface area contributed by atoms with Crippen molar-refractivity contribution in [3.05, 3.63) is 50.1 Å². The van der Waals surface area contributed by atoms with E-state index in [1.54, 1.807) is 6.92 Å². The molecule has 2 aromatic rings. The molecular formula is C15H16BrNOS. The fraction of sp³-hybridized carbons (Fsp3) is 0.333. The molecule has 2 nitrogen and oxygen atoms in total. The van der Waals surface area contributed by atoms with E-state index in [1.165, 1.54) is 16.1 Å². The van der Waals surface area contributed by atoms with Crippen molar-refractivity contribution in [2.24, 2.45) is 0 Å². The van der Waals surface area contributed by atoms with Gasteiger partial charge in [-0.05, 0) is 48.1 Å². The minimum atomic E-state index is -0.437. The molecule has 0 bridgehead atoms. The van der Waals surface area contributed by atoms with E-state index in [0.717, 1.165) is 29.5 Å². The summed E-state index contributed by atoms with van der Waals surface area (Å²) in [4.78, 5) is 3.92. The topological polar surface area (TPSA) is 23.5 Å². The maximum absolute atomic E-state index is 9.67. The molecule has 0 amide bonds. The first-order valence-corrected chi connectivity index (χ1v) is 8.10. The van der Waals surface area contributed by atoms with Crippen LogP contribution in [0.15, 0.2) is 34.1 Å². The largest absolute Gasteiger partial charge is 0.389 e. The summed E-state index contributed by atoms with van der Waals surface area (Å²) in [6.07, 6.45) is 0.691. The summed E-state index contributed by atoms with van der Waals surface area (Å²) in [5.41, 5.74) is 3.61. The van der Waals surface area contributed by atoms with Gasteiger partial charge in [0.2, 0.25) is 0 Å². The number of nitrogens with zero attached hydrogens (tertiary/aromatic N) is 1. The van der Waals surface area contributed by atoms with Crippen LogP contribution in [-0.2, 0) is 13.0 Å². The van der Waals surface area contributed by atoms with Gasteiger partial charge >= 0.3 is 0 Å². The predicted octanol–water partition coefficient (Wildman–Crippen LogP) is 4.13. The van der Waals surface area contributed by atoms with Crippen LogP contribution < -0.4 is 4.90 Å². The smallest absolute Gasteiger partial charge is 0.0772 e. The Bertz CT molecular complexity index is 594. The average Bonchev–Trinajstić information content (AvgIpc) is 2.85. The molecular weight excluding hydrogens is 322 g/mol. The maximum Gasteiger partial charge on any atom is 0.0772 e. The Labute approximate surface area is 125 Å². The highest BCUT2D eigenvalue weighted by Crippen LogP contribution is 2.32. The molecule has 0 saturated carbocycles. The molecule has 4 heteroatoms. The second-order valence-corrected chi connectivity index (χ2v) is 6.78. The quantitative estimate of drug-likeness (QED) is 0.890. The summed E-state index contributed by atoms with van der Waals surface area (Å²) in [7, 11) is 0. The molecule has 1 N–H and O–H groups in total. The van der Waals surface area contributed by atoms with E-state index in [4.69, 9.17) is 0 Å². The van der Waals surface area contributed by atoms with Crippen molar-refractivity contribution in [2.45, 2.75) is 26.0 Å². The number of aliphatic hydroxyl groups excluding tert-OH is 1. The number of rotatable bonds is 2. The third kappa shape index (κ3) is 2.57. The number of halogens is 1. The van der Waals surface area contributed by atoms with Crippen LogP contribution in [0.25, 0.3) is 0 Å². The van der Waals surface area contributed by atoms with E-state index in [0.29, 0.717) is 0 Å². The Balaban J connectivity index is 1.86. The van der Waals surface area contributed by atoms with Gasteiger partial charge in [0, 0.05) is 28.1 Å². The fourth-order valence-corrected chi connectivity index (χ4v) is 4.11. The Hall–Kier alpha value is -0.840. The zero-order valence-corrected chi connectivity index (χ0v) is 13.2. The molecule has 0 spiro atoms. The molecule has 1 aromatic carbocycles. The van der Waals surface area contributed by atoms with Crippen LogP contribution in [-0.4, -0.2) is 11.7 Å². The molecule has 19 heavy (non-hydrogen) atoms. The van der Waals surface area contributed by atoms with Crippen LogP contribution in [0.1, 0.15) is 29.0 Å². The van der Waals surface area contributed by atoms with Crippen LogP contribution >= 0.6 is 27.3 Å². The number of thiophene rings is 1. The summed E-state index contributed by atoms with van der Waals surface area (Å²) < 4.78 is 0.983. The first-order valence-electron chi connectivity index (χ1n) is 6.43. The number of hydrogen-bond acceptors (Lipinski definition) is 3. The van der Waals surface area contributed by atoms with Gasteiger partial charge in [-0.3, -0.25) is 0 Å². The zero-order chi connectivity index (χ0) is 13.4. The molecule has 1 atom stereocenters. The molecule has 2 heterocycles. The maximum atomic E-state index is 9.67. The van der Waals surface area contributed by atoms with Gasteiger partial charge in [0.1, 0.15) is 0 Å². The molecule has 1 aliphatic heterocycles. The van der Waals surface area contributed by atoms with E-state index >= 15 is 0 Å². The molecule has 0 saturated heterocycles. The summed E-state index contributed by atoms with van der Waals surface area (Å²) in [5, 5.41) is 11.8. The van der Waals surface area contributed by atoms with E-state index in [1.807, 2.05) is 17.4 Å². The Kier molecular flexibility index (Phi) is 3.65. The number of anilines is 1. The lowest BCUT2D eigenvalue weighted by molar-refractivity contribution is 0.198. The zero-order valence-electron chi connectivity index (χ0n) is 10.8. The van der Waals surface area contributed by atoms with Crippen molar-refractivity contribution in [1.29, 1.82) is 0 Å². The first kappa shape index (κ1) is 13.2. The molecule has 1 aliphatic rings. The van der Waals surface area contributed by atoms with Crippen molar-refractivity contribution in [3.8, 4) is 0 Å². The van der Waals surface area contributed by atoms with Gasteiger partial charge in [-0.1, -0.05) is 22.0 Å². The number of benzene rings is 1. The van der Waals surface area contributed by atoms with Gasteiger partial charge in [-0.2, -0.15) is 0 Å². The monoisotopic (exact) mass is 337 g/mol. The van der Waals surface area contributed by atoms with E-state index in [9.17, 15) is 5.11 Å². The van der Waals surface area contributed by atoms with Gasteiger partial charge in [-0.25, -0.2) is 0 Å². The second kappa shape index (κ2) is 5.27. The average molecular weight is 338 g/mol. The van der Waals surface area contributed by atoms with E-state index in [2.05, 4.69) is 44.4 Å². The summed E-state index contributed by atoms with van der Waals surface area (Å²) >= 11 is 5.42. The van der Waals surface area contributed by atoms with Crippen molar-refractivity contribution < 1.29 is 5.11 Å². The van der Waals surface area contributed by atoms with E-state index in [-0.39, 0.29) is 0 Å². The first-order chi connectivity index (χ1) is 9.15. The minimum absolute atomic E-state index is 0.437. The van der Waals surface area contributed by atoms with Crippen molar-refractivity contribution in [3.63, 3.8) is 0 Å². The van der Waals surface area contributed by atoms with Crippen molar-refractivity contribution in [2.75, 3.05) is 11.4 Å². The van der Waals surface area contributed by atoms with Gasteiger partial charge < -0.3 is 10.0 Å². The lowest BCUT2D eigenvalue weighted by Gasteiger charge is -2.29. The van der Waals surface area contributed by atoms with Crippen LogP contribution in [0.2, 0.25) is 0 Å². The minimum Gasteiger partial charge on any atom is -0.389 e. The third-order valence-corrected chi connectivity index (χ3v) is 5.32. The molecule has 0 aliphatic carbocycles. The molecule has 0 fully saturated rings. The standard InChI is InChI=1S/C15H16BrNOS/c1-10(18)13-3-2-12(8-14(13)16)17-6-4-15-11(9-17)5-7-19-15/h2-3,5,7-8,10,18H,4,6,9H2,1H3/t10-/m0/s1. The Morgan fingerprint density at radius 3 is 2.95 bits per heavy atom.